The summed E-state index contributed by atoms with van der Waals surface area (Å²) in [5.41, 5.74) is 10.6. The van der Waals surface area contributed by atoms with Crippen molar-refractivity contribution in [2.24, 2.45) is 0 Å². The zero-order chi connectivity index (χ0) is 14.2. The van der Waals surface area contributed by atoms with Gasteiger partial charge in [-0.3, -0.25) is 0 Å². The van der Waals surface area contributed by atoms with E-state index in [0.717, 1.165) is 12.1 Å². The molecule has 100 valence electrons. The van der Waals surface area contributed by atoms with Gasteiger partial charge in [0.2, 0.25) is 0 Å². The lowest BCUT2D eigenvalue weighted by molar-refractivity contribution is 0.585. The number of nitrogens with two attached hydrogens (primary N) is 2. The van der Waals surface area contributed by atoms with Crippen molar-refractivity contribution in [1.29, 1.82) is 0 Å². The molecule has 2 rings (SSSR count). The van der Waals surface area contributed by atoms with E-state index in [1.54, 1.807) is 0 Å². The molecule has 0 unspecified atom stereocenters. The summed E-state index contributed by atoms with van der Waals surface area (Å²) in [6, 6.07) is 4.05. The van der Waals surface area contributed by atoms with Crippen molar-refractivity contribution in [3.05, 3.63) is 46.7 Å². The Labute approximate surface area is 112 Å². The Morgan fingerprint density at radius 1 is 1.00 bits per heavy atom. The molecule has 0 bridgehead atoms. The van der Waals surface area contributed by atoms with Gasteiger partial charge in [0.05, 0.1) is 22.7 Å². The maximum atomic E-state index is 13.9. The van der Waals surface area contributed by atoms with E-state index in [0.29, 0.717) is 6.07 Å². The maximum absolute atomic E-state index is 13.9. The molecule has 0 amide bonds. The summed E-state index contributed by atoms with van der Waals surface area (Å²) in [7, 11) is 0. The molecule has 3 nitrogen and oxygen atoms in total. The molecule has 7 heteroatoms. The second-order valence-corrected chi connectivity index (χ2v) is 4.19. The third kappa shape index (κ3) is 2.53. The van der Waals surface area contributed by atoms with E-state index >= 15 is 0 Å². The zero-order valence-corrected chi connectivity index (χ0v) is 10.2. The monoisotopic (exact) mass is 287 g/mol. The normalized spacial score (nSPS) is 10.5. The first-order valence-corrected chi connectivity index (χ1v) is 5.53. The van der Waals surface area contributed by atoms with Crippen LogP contribution < -0.4 is 16.8 Å². The van der Waals surface area contributed by atoms with Gasteiger partial charge in [-0.05, 0) is 18.2 Å². The molecule has 0 radical (unpaired) electrons. The number of hydrogen-bond acceptors (Lipinski definition) is 3. The summed E-state index contributed by atoms with van der Waals surface area (Å²) in [5, 5.41) is 2.10. The first-order chi connectivity index (χ1) is 8.90. The van der Waals surface area contributed by atoms with Crippen LogP contribution in [0.3, 0.4) is 0 Å². The van der Waals surface area contributed by atoms with Gasteiger partial charge in [0.25, 0.3) is 0 Å². The van der Waals surface area contributed by atoms with Gasteiger partial charge in [0.15, 0.2) is 5.82 Å². The molecule has 0 spiro atoms. The summed E-state index contributed by atoms with van der Waals surface area (Å²) in [6.07, 6.45) is 0. The number of benzene rings is 2. The number of rotatable bonds is 2. The molecule has 19 heavy (non-hydrogen) atoms. The highest BCUT2D eigenvalue weighted by molar-refractivity contribution is 6.33. The van der Waals surface area contributed by atoms with Crippen molar-refractivity contribution in [3.8, 4) is 0 Å². The average molecular weight is 288 g/mol. The SMILES string of the molecule is Nc1cc(N)c(Nc2ccc(F)cc2F)c(F)c1Cl. The summed E-state index contributed by atoms with van der Waals surface area (Å²) in [4.78, 5) is 0. The molecule has 2 aromatic rings. The van der Waals surface area contributed by atoms with E-state index in [1.807, 2.05) is 0 Å². The van der Waals surface area contributed by atoms with Gasteiger partial charge in [0, 0.05) is 6.07 Å². The largest absolute Gasteiger partial charge is 0.397 e. The van der Waals surface area contributed by atoms with Gasteiger partial charge in [-0.15, -0.1) is 0 Å². The van der Waals surface area contributed by atoms with E-state index in [2.05, 4.69) is 5.32 Å². The molecule has 0 aliphatic heterocycles. The van der Waals surface area contributed by atoms with Gasteiger partial charge >= 0.3 is 0 Å². The highest BCUT2D eigenvalue weighted by Crippen LogP contribution is 2.35. The van der Waals surface area contributed by atoms with Crippen molar-refractivity contribution in [2.75, 3.05) is 16.8 Å². The van der Waals surface area contributed by atoms with Crippen LogP contribution in [-0.2, 0) is 0 Å². The van der Waals surface area contributed by atoms with Crippen molar-refractivity contribution < 1.29 is 13.2 Å². The Morgan fingerprint density at radius 3 is 2.32 bits per heavy atom. The molecular weight excluding hydrogens is 279 g/mol. The molecule has 2 aromatic carbocycles. The van der Waals surface area contributed by atoms with Crippen LogP contribution in [0, 0.1) is 17.5 Å². The van der Waals surface area contributed by atoms with Crippen LogP contribution >= 0.6 is 11.6 Å². The van der Waals surface area contributed by atoms with Gasteiger partial charge in [-0.25, -0.2) is 13.2 Å². The number of halogens is 4. The minimum atomic E-state index is -0.900. The number of nitrogens with one attached hydrogen (secondary N) is 1. The fourth-order valence-electron chi connectivity index (χ4n) is 1.52. The van der Waals surface area contributed by atoms with Crippen LogP contribution in [0.25, 0.3) is 0 Å². The van der Waals surface area contributed by atoms with Gasteiger partial charge in [0.1, 0.15) is 16.7 Å². The molecular formula is C12H9ClF3N3. The third-order valence-electron chi connectivity index (χ3n) is 2.46. The first-order valence-electron chi connectivity index (χ1n) is 5.15. The van der Waals surface area contributed by atoms with Crippen LogP contribution in [0.5, 0.6) is 0 Å². The van der Waals surface area contributed by atoms with E-state index in [9.17, 15) is 13.2 Å². The van der Waals surface area contributed by atoms with Crippen molar-refractivity contribution in [2.45, 2.75) is 0 Å². The summed E-state index contributed by atoms with van der Waals surface area (Å²) in [5.74, 6) is -2.53. The lowest BCUT2D eigenvalue weighted by atomic mass is 10.2. The second-order valence-electron chi connectivity index (χ2n) is 3.81. The van der Waals surface area contributed by atoms with Crippen molar-refractivity contribution in [3.63, 3.8) is 0 Å². The van der Waals surface area contributed by atoms with Crippen LogP contribution in [0.4, 0.5) is 35.9 Å². The Balaban J connectivity index is 2.47. The summed E-state index contributed by atoms with van der Waals surface area (Å²) >= 11 is 5.64. The topological polar surface area (TPSA) is 64.1 Å². The van der Waals surface area contributed by atoms with Crippen LogP contribution in [0.15, 0.2) is 24.3 Å². The predicted octanol–water partition coefficient (Wildman–Crippen LogP) is 3.67. The maximum Gasteiger partial charge on any atom is 0.169 e. The highest BCUT2D eigenvalue weighted by atomic mass is 35.5. The smallest absolute Gasteiger partial charge is 0.169 e. The minimum absolute atomic E-state index is 0.0261. The first kappa shape index (κ1) is 13.4. The Kier molecular flexibility index (Phi) is 3.44. The highest BCUT2D eigenvalue weighted by Gasteiger charge is 2.15. The molecule has 0 saturated carbocycles. The lowest BCUT2D eigenvalue weighted by Gasteiger charge is -2.13. The summed E-state index contributed by atoms with van der Waals surface area (Å²) in [6.45, 7) is 0. The van der Waals surface area contributed by atoms with Gasteiger partial charge < -0.3 is 16.8 Å². The fraction of sp³-hybridized carbons (Fsp3) is 0. The second kappa shape index (κ2) is 4.89. The molecule has 0 aromatic heterocycles. The van der Waals surface area contributed by atoms with Crippen molar-refractivity contribution in [1.82, 2.24) is 0 Å². The van der Waals surface area contributed by atoms with Crippen LogP contribution in [-0.4, -0.2) is 0 Å². The van der Waals surface area contributed by atoms with E-state index in [4.69, 9.17) is 23.1 Å². The van der Waals surface area contributed by atoms with Crippen molar-refractivity contribution >= 4 is 34.4 Å². The van der Waals surface area contributed by atoms with E-state index < -0.39 is 17.5 Å². The number of anilines is 4. The minimum Gasteiger partial charge on any atom is -0.397 e. The van der Waals surface area contributed by atoms with Crippen LogP contribution in [0.1, 0.15) is 0 Å². The molecule has 0 aliphatic rings. The lowest BCUT2D eigenvalue weighted by Crippen LogP contribution is -2.04. The zero-order valence-electron chi connectivity index (χ0n) is 9.48. The predicted molar refractivity (Wildman–Crippen MR) is 69.9 cm³/mol. The van der Waals surface area contributed by atoms with Gasteiger partial charge in [-0.2, -0.15) is 0 Å². The standard InChI is InChI=1S/C12H9ClF3N3/c13-10-7(17)4-8(18)12(11(10)16)19-9-2-1-5(14)3-6(9)15/h1-4,19H,17-18H2. The molecule has 0 fully saturated rings. The fourth-order valence-corrected chi connectivity index (χ4v) is 1.67. The molecule has 0 saturated heterocycles. The molecule has 0 atom stereocenters. The number of nitrogen functional groups attached to an aromatic ring is 2. The molecule has 0 aliphatic carbocycles. The quantitative estimate of drug-likeness (QED) is 0.739. The Morgan fingerprint density at radius 2 is 1.68 bits per heavy atom. The van der Waals surface area contributed by atoms with E-state index in [-0.39, 0.29) is 27.8 Å². The van der Waals surface area contributed by atoms with E-state index in [1.165, 1.54) is 6.07 Å². The molecule has 0 heterocycles. The van der Waals surface area contributed by atoms with Gasteiger partial charge in [-0.1, -0.05) is 11.6 Å². The van der Waals surface area contributed by atoms with Crippen LogP contribution in [0.2, 0.25) is 5.02 Å². The summed E-state index contributed by atoms with van der Waals surface area (Å²) < 4.78 is 40.1. The Bertz CT molecular complexity index is 647. The molecule has 5 N–H and O–H groups in total. The average Bonchev–Trinajstić information content (AvgIpc) is 2.34. The Hall–Kier alpha value is -2.08. The third-order valence-corrected chi connectivity index (χ3v) is 2.84. The number of hydrogen-bond donors (Lipinski definition) is 3.